The van der Waals surface area contributed by atoms with E-state index < -0.39 is 0 Å². The molecule has 1 fully saturated rings. The van der Waals surface area contributed by atoms with E-state index in [1.807, 2.05) is 38.4 Å². The van der Waals surface area contributed by atoms with Gasteiger partial charge in [0.25, 0.3) is 0 Å². The molecule has 3 heterocycles. The second-order valence-corrected chi connectivity index (χ2v) is 7.01. The standard InChI is InChI=1S/C21H21N5O2/c1-13-23-10-19(14-6-16(8-22)26(2)11-14)21(25-13)28-12-15-7-18(15)20-5-4-17(27-3)9-24-20/h4-6,9-11,15,18H,7,12H2,1-3H3. The first kappa shape index (κ1) is 18.0. The maximum Gasteiger partial charge on any atom is 0.224 e. The predicted molar refractivity (Wildman–Crippen MR) is 103 cm³/mol. The maximum atomic E-state index is 9.20. The van der Waals surface area contributed by atoms with E-state index in [1.165, 1.54) is 0 Å². The molecule has 0 N–H and O–H groups in total. The highest BCUT2D eigenvalue weighted by molar-refractivity contribution is 5.68. The van der Waals surface area contributed by atoms with Crippen molar-refractivity contribution in [1.82, 2.24) is 19.5 Å². The van der Waals surface area contributed by atoms with E-state index in [4.69, 9.17) is 9.47 Å². The highest BCUT2D eigenvalue weighted by Crippen LogP contribution is 2.47. The Morgan fingerprint density at radius 2 is 2.14 bits per heavy atom. The molecule has 0 amide bonds. The summed E-state index contributed by atoms with van der Waals surface area (Å²) in [6.07, 6.45) is 6.44. The molecule has 0 saturated heterocycles. The molecule has 0 spiro atoms. The fraction of sp³-hybridized carbons (Fsp3) is 0.333. The van der Waals surface area contributed by atoms with Gasteiger partial charge in [0.2, 0.25) is 5.88 Å². The van der Waals surface area contributed by atoms with Gasteiger partial charge in [0.1, 0.15) is 23.3 Å². The molecule has 3 aromatic rings. The van der Waals surface area contributed by atoms with E-state index in [0.29, 0.717) is 35.8 Å². The summed E-state index contributed by atoms with van der Waals surface area (Å²) in [6, 6.07) is 7.94. The lowest BCUT2D eigenvalue weighted by molar-refractivity contribution is 0.285. The SMILES string of the molecule is COc1ccc(C2CC2COc2nc(C)ncc2-c2cc(C#N)n(C)c2)nc1. The Bertz CT molecular complexity index is 1040. The van der Waals surface area contributed by atoms with Crippen LogP contribution in [0.15, 0.2) is 36.8 Å². The van der Waals surface area contributed by atoms with Crippen molar-refractivity contribution in [1.29, 1.82) is 5.26 Å². The van der Waals surface area contributed by atoms with Crippen molar-refractivity contribution in [2.75, 3.05) is 13.7 Å². The first-order valence-corrected chi connectivity index (χ1v) is 9.12. The molecule has 142 valence electrons. The lowest BCUT2D eigenvalue weighted by atomic mass is 10.1. The van der Waals surface area contributed by atoms with Crippen molar-refractivity contribution >= 4 is 0 Å². The molecule has 3 aromatic heterocycles. The van der Waals surface area contributed by atoms with Crippen LogP contribution < -0.4 is 9.47 Å². The smallest absolute Gasteiger partial charge is 0.224 e. The molecule has 7 heteroatoms. The summed E-state index contributed by atoms with van der Waals surface area (Å²) in [6.45, 7) is 2.41. The first-order valence-electron chi connectivity index (χ1n) is 9.12. The molecule has 7 nitrogen and oxygen atoms in total. The van der Waals surface area contributed by atoms with Crippen LogP contribution in [0.25, 0.3) is 11.1 Å². The lowest BCUT2D eigenvalue weighted by Crippen LogP contribution is -2.05. The van der Waals surface area contributed by atoms with Crippen LogP contribution in [0.2, 0.25) is 0 Å². The number of aromatic nitrogens is 4. The molecule has 0 aromatic carbocycles. The molecule has 1 aliphatic carbocycles. The molecule has 1 aliphatic rings. The van der Waals surface area contributed by atoms with Gasteiger partial charge in [0.15, 0.2) is 0 Å². The van der Waals surface area contributed by atoms with E-state index in [1.54, 1.807) is 24.1 Å². The summed E-state index contributed by atoms with van der Waals surface area (Å²) in [5.74, 6) is 2.78. The Morgan fingerprint density at radius 3 is 2.82 bits per heavy atom. The zero-order valence-corrected chi connectivity index (χ0v) is 16.1. The molecule has 0 aliphatic heterocycles. The Balaban J connectivity index is 1.48. The summed E-state index contributed by atoms with van der Waals surface area (Å²) in [5, 5.41) is 9.20. The monoisotopic (exact) mass is 375 g/mol. The highest BCUT2D eigenvalue weighted by atomic mass is 16.5. The number of ether oxygens (including phenoxy) is 2. The van der Waals surface area contributed by atoms with Crippen LogP contribution in [0.4, 0.5) is 0 Å². The molecule has 28 heavy (non-hydrogen) atoms. The van der Waals surface area contributed by atoms with Crippen LogP contribution in [0.1, 0.15) is 29.6 Å². The molecule has 1 saturated carbocycles. The predicted octanol–water partition coefficient (Wildman–Crippen LogP) is 3.25. The van der Waals surface area contributed by atoms with Crippen LogP contribution in [0, 0.1) is 24.2 Å². The van der Waals surface area contributed by atoms with Crippen molar-refractivity contribution in [3.05, 3.63) is 54.0 Å². The number of hydrogen-bond donors (Lipinski definition) is 0. The van der Waals surface area contributed by atoms with Crippen LogP contribution in [-0.2, 0) is 7.05 Å². The maximum absolute atomic E-state index is 9.20. The zero-order valence-electron chi connectivity index (χ0n) is 16.1. The number of nitriles is 1. The molecule has 0 bridgehead atoms. The summed E-state index contributed by atoms with van der Waals surface area (Å²) in [5.41, 5.74) is 3.31. The molecule has 4 rings (SSSR count). The number of methoxy groups -OCH3 is 1. The Labute approximate surface area is 163 Å². The average Bonchev–Trinajstić information content (AvgIpc) is 3.40. The van der Waals surface area contributed by atoms with Crippen LogP contribution in [0.3, 0.4) is 0 Å². The summed E-state index contributed by atoms with van der Waals surface area (Å²) < 4.78 is 13.0. The van der Waals surface area contributed by atoms with E-state index in [2.05, 4.69) is 21.0 Å². The Kier molecular flexibility index (Phi) is 4.70. The van der Waals surface area contributed by atoms with Crippen molar-refractivity contribution in [2.24, 2.45) is 13.0 Å². The third-order valence-electron chi connectivity index (χ3n) is 5.04. The van der Waals surface area contributed by atoms with Gasteiger partial charge < -0.3 is 14.0 Å². The van der Waals surface area contributed by atoms with Crippen LogP contribution in [0.5, 0.6) is 11.6 Å². The fourth-order valence-electron chi connectivity index (χ4n) is 3.29. The molecular weight excluding hydrogens is 354 g/mol. The minimum absolute atomic E-state index is 0.402. The fourth-order valence-corrected chi connectivity index (χ4v) is 3.29. The highest BCUT2D eigenvalue weighted by Gasteiger charge is 2.40. The van der Waals surface area contributed by atoms with Crippen LogP contribution >= 0.6 is 0 Å². The topological polar surface area (TPSA) is 85.9 Å². The van der Waals surface area contributed by atoms with Gasteiger partial charge in [-0.1, -0.05) is 0 Å². The molecule has 0 radical (unpaired) electrons. The van der Waals surface area contributed by atoms with Crippen molar-refractivity contribution in [3.63, 3.8) is 0 Å². The third kappa shape index (κ3) is 3.54. The van der Waals surface area contributed by atoms with Gasteiger partial charge in [-0.3, -0.25) is 4.98 Å². The lowest BCUT2D eigenvalue weighted by Gasteiger charge is -2.10. The van der Waals surface area contributed by atoms with Crippen molar-refractivity contribution in [2.45, 2.75) is 19.3 Å². The Hall–Kier alpha value is -3.40. The summed E-state index contributed by atoms with van der Waals surface area (Å²) >= 11 is 0. The summed E-state index contributed by atoms with van der Waals surface area (Å²) in [7, 11) is 3.48. The minimum atomic E-state index is 0.402. The van der Waals surface area contributed by atoms with E-state index in [-0.39, 0.29) is 0 Å². The largest absolute Gasteiger partial charge is 0.495 e. The normalized spacial score (nSPS) is 17.8. The zero-order chi connectivity index (χ0) is 19.7. The quantitative estimate of drug-likeness (QED) is 0.657. The van der Waals surface area contributed by atoms with Crippen LogP contribution in [-0.4, -0.2) is 33.2 Å². The molecule has 2 unspecified atom stereocenters. The van der Waals surface area contributed by atoms with Gasteiger partial charge in [-0.25, -0.2) is 4.98 Å². The average molecular weight is 375 g/mol. The van der Waals surface area contributed by atoms with Crippen molar-refractivity contribution in [3.8, 4) is 28.8 Å². The Morgan fingerprint density at radius 1 is 1.29 bits per heavy atom. The number of rotatable bonds is 6. The second-order valence-electron chi connectivity index (χ2n) is 7.01. The first-order chi connectivity index (χ1) is 13.6. The number of aryl methyl sites for hydroxylation is 2. The summed E-state index contributed by atoms with van der Waals surface area (Å²) in [4.78, 5) is 13.3. The number of nitrogens with zero attached hydrogens (tertiary/aromatic N) is 5. The minimum Gasteiger partial charge on any atom is -0.495 e. The third-order valence-corrected chi connectivity index (χ3v) is 5.04. The van der Waals surface area contributed by atoms with Gasteiger partial charge in [0, 0.05) is 42.5 Å². The number of pyridine rings is 1. The van der Waals surface area contributed by atoms with Gasteiger partial charge >= 0.3 is 0 Å². The second kappa shape index (κ2) is 7.31. The van der Waals surface area contributed by atoms with Crippen molar-refractivity contribution < 1.29 is 9.47 Å². The van der Waals surface area contributed by atoms with Gasteiger partial charge in [-0.2, -0.15) is 10.2 Å². The van der Waals surface area contributed by atoms with E-state index in [9.17, 15) is 5.26 Å². The molecule has 2 atom stereocenters. The van der Waals surface area contributed by atoms with E-state index >= 15 is 0 Å². The van der Waals surface area contributed by atoms with Gasteiger partial charge in [-0.15, -0.1) is 0 Å². The molecular formula is C21H21N5O2. The van der Waals surface area contributed by atoms with Gasteiger partial charge in [-0.05, 0) is 31.5 Å². The number of hydrogen-bond acceptors (Lipinski definition) is 6. The van der Waals surface area contributed by atoms with Gasteiger partial charge in [0.05, 0.1) is 25.5 Å². The van der Waals surface area contributed by atoms with E-state index in [0.717, 1.165) is 29.0 Å².